The summed E-state index contributed by atoms with van der Waals surface area (Å²) in [5, 5.41) is 7.91. The molecule has 26 heavy (non-hydrogen) atoms. The monoisotopic (exact) mass is 414 g/mol. The predicted octanol–water partition coefficient (Wildman–Crippen LogP) is 4.20. The standard InChI is InChI=1S/C19H19BrN4O2/c1-25-14-7-8-18(26-2)15(9-14)17-10-16(12-3-5-13(20)6-4-12)23-19-21-11-22-24(17)19/h3-9,11,16-17H,10H2,1-2H3,(H,21,22,23). The highest BCUT2D eigenvalue weighted by molar-refractivity contribution is 9.10. The van der Waals surface area contributed by atoms with Crippen LogP contribution in [-0.2, 0) is 0 Å². The average molecular weight is 415 g/mol. The van der Waals surface area contributed by atoms with Crippen molar-refractivity contribution in [2.45, 2.75) is 18.5 Å². The van der Waals surface area contributed by atoms with E-state index in [1.807, 2.05) is 22.9 Å². The number of ether oxygens (including phenoxy) is 2. The molecule has 0 spiro atoms. The number of hydrogen-bond donors (Lipinski definition) is 1. The third-order valence-electron chi connectivity index (χ3n) is 4.70. The Morgan fingerprint density at radius 1 is 1.12 bits per heavy atom. The molecule has 0 aliphatic carbocycles. The van der Waals surface area contributed by atoms with E-state index in [-0.39, 0.29) is 12.1 Å². The Kier molecular flexibility index (Phi) is 4.55. The van der Waals surface area contributed by atoms with Gasteiger partial charge in [-0.25, -0.2) is 4.68 Å². The van der Waals surface area contributed by atoms with Crippen LogP contribution in [0.4, 0.5) is 5.95 Å². The van der Waals surface area contributed by atoms with Crippen molar-refractivity contribution in [3.63, 3.8) is 0 Å². The summed E-state index contributed by atoms with van der Waals surface area (Å²) in [5.41, 5.74) is 2.23. The summed E-state index contributed by atoms with van der Waals surface area (Å²) in [6, 6.07) is 14.3. The zero-order valence-electron chi connectivity index (χ0n) is 14.5. The zero-order valence-corrected chi connectivity index (χ0v) is 16.1. The van der Waals surface area contributed by atoms with E-state index >= 15 is 0 Å². The van der Waals surface area contributed by atoms with Gasteiger partial charge in [0.2, 0.25) is 5.95 Å². The van der Waals surface area contributed by atoms with Gasteiger partial charge in [-0.1, -0.05) is 28.1 Å². The Hall–Kier alpha value is -2.54. The normalized spacial score (nSPS) is 18.7. The first-order chi connectivity index (χ1) is 12.7. The Labute approximate surface area is 160 Å². The lowest BCUT2D eigenvalue weighted by Crippen LogP contribution is -2.28. The molecule has 134 valence electrons. The molecule has 0 saturated carbocycles. The Balaban J connectivity index is 1.77. The molecule has 0 saturated heterocycles. The molecule has 1 aromatic heterocycles. The molecule has 2 aromatic carbocycles. The van der Waals surface area contributed by atoms with Crippen LogP contribution in [0.1, 0.15) is 29.6 Å². The summed E-state index contributed by atoms with van der Waals surface area (Å²) in [5.74, 6) is 2.36. The van der Waals surface area contributed by atoms with Crippen LogP contribution >= 0.6 is 15.9 Å². The van der Waals surface area contributed by atoms with Crippen LogP contribution in [0.2, 0.25) is 0 Å². The molecular weight excluding hydrogens is 396 g/mol. The Morgan fingerprint density at radius 2 is 1.92 bits per heavy atom. The first-order valence-corrected chi connectivity index (χ1v) is 9.12. The van der Waals surface area contributed by atoms with Crippen LogP contribution in [0.25, 0.3) is 0 Å². The van der Waals surface area contributed by atoms with Gasteiger partial charge >= 0.3 is 0 Å². The summed E-state index contributed by atoms with van der Waals surface area (Å²) in [7, 11) is 3.35. The maximum absolute atomic E-state index is 5.60. The van der Waals surface area contributed by atoms with Gasteiger partial charge in [0.1, 0.15) is 17.8 Å². The van der Waals surface area contributed by atoms with Gasteiger partial charge in [-0.05, 0) is 42.3 Å². The minimum Gasteiger partial charge on any atom is -0.497 e. The van der Waals surface area contributed by atoms with E-state index in [2.05, 4.69) is 55.6 Å². The minimum absolute atomic E-state index is 0.00699. The summed E-state index contributed by atoms with van der Waals surface area (Å²) < 4.78 is 14.0. The van der Waals surface area contributed by atoms with Crippen LogP contribution in [0.5, 0.6) is 11.5 Å². The molecule has 2 atom stereocenters. The van der Waals surface area contributed by atoms with Crippen molar-refractivity contribution in [1.29, 1.82) is 0 Å². The fourth-order valence-corrected chi connectivity index (χ4v) is 3.66. The fraction of sp³-hybridized carbons (Fsp3) is 0.263. The quantitative estimate of drug-likeness (QED) is 0.692. The number of benzene rings is 2. The van der Waals surface area contributed by atoms with Crippen LogP contribution in [0.3, 0.4) is 0 Å². The Bertz CT molecular complexity index is 910. The van der Waals surface area contributed by atoms with Crippen molar-refractivity contribution >= 4 is 21.9 Å². The molecule has 7 heteroatoms. The maximum atomic E-state index is 5.60. The molecule has 6 nitrogen and oxygen atoms in total. The van der Waals surface area contributed by atoms with Crippen LogP contribution < -0.4 is 14.8 Å². The highest BCUT2D eigenvalue weighted by Gasteiger charge is 2.31. The zero-order chi connectivity index (χ0) is 18.1. The van der Waals surface area contributed by atoms with Gasteiger partial charge in [-0.15, -0.1) is 0 Å². The molecular formula is C19H19BrN4O2. The fourth-order valence-electron chi connectivity index (χ4n) is 3.39. The molecule has 1 aliphatic rings. The largest absolute Gasteiger partial charge is 0.497 e. The molecule has 0 amide bonds. The predicted molar refractivity (Wildman–Crippen MR) is 103 cm³/mol. The lowest BCUT2D eigenvalue weighted by atomic mass is 9.92. The highest BCUT2D eigenvalue weighted by Crippen LogP contribution is 2.41. The number of fused-ring (bicyclic) bond motifs is 1. The number of methoxy groups -OCH3 is 2. The average Bonchev–Trinajstić information content (AvgIpc) is 3.16. The summed E-state index contributed by atoms with van der Waals surface area (Å²) in [6.07, 6.45) is 2.40. The van der Waals surface area contributed by atoms with Crippen LogP contribution in [0.15, 0.2) is 53.3 Å². The number of nitrogens with one attached hydrogen (secondary N) is 1. The van der Waals surface area contributed by atoms with Crippen molar-refractivity contribution in [1.82, 2.24) is 14.8 Å². The van der Waals surface area contributed by atoms with E-state index in [9.17, 15) is 0 Å². The van der Waals surface area contributed by atoms with Gasteiger partial charge in [-0.2, -0.15) is 10.1 Å². The second-order valence-corrected chi connectivity index (χ2v) is 7.05. The first kappa shape index (κ1) is 16.9. The van der Waals surface area contributed by atoms with Gasteiger partial charge in [0.15, 0.2) is 0 Å². The van der Waals surface area contributed by atoms with E-state index in [1.54, 1.807) is 20.5 Å². The second-order valence-electron chi connectivity index (χ2n) is 6.14. The van der Waals surface area contributed by atoms with Crippen molar-refractivity contribution < 1.29 is 9.47 Å². The van der Waals surface area contributed by atoms with Gasteiger partial charge in [0.25, 0.3) is 0 Å². The molecule has 3 aromatic rings. The SMILES string of the molecule is COc1ccc(OC)c(C2CC(c3ccc(Br)cc3)Nc3ncnn32)c1. The molecule has 4 rings (SSSR count). The number of nitrogens with zero attached hydrogens (tertiary/aromatic N) is 3. The van der Waals surface area contributed by atoms with E-state index in [4.69, 9.17) is 9.47 Å². The highest BCUT2D eigenvalue weighted by atomic mass is 79.9. The van der Waals surface area contributed by atoms with Crippen LogP contribution in [0, 0.1) is 0 Å². The van der Waals surface area contributed by atoms with Gasteiger partial charge in [-0.3, -0.25) is 0 Å². The number of rotatable bonds is 4. The van der Waals surface area contributed by atoms with Gasteiger partial charge in [0, 0.05) is 10.0 Å². The molecule has 0 fully saturated rings. The molecule has 0 bridgehead atoms. The van der Waals surface area contributed by atoms with E-state index in [1.165, 1.54) is 5.56 Å². The summed E-state index contributed by atoms with van der Waals surface area (Å²) in [4.78, 5) is 4.38. The Morgan fingerprint density at radius 3 is 2.65 bits per heavy atom. The lowest BCUT2D eigenvalue weighted by molar-refractivity contribution is 0.373. The van der Waals surface area contributed by atoms with E-state index < -0.39 is 0 Å². The third-order valence-corrected chi connectivity index (χ3v) is 5.23. The summed E-state index contributed by atoms with van der Waals surface area (Å²) >= 11 is 3.50. The van der Waals surface area contributed by atoms with Crippen molar-refractivity contribution in [2.24, 2.45) is 0 Å². The molecule has 0 radical (unpaired) electrons. The van der Waals surface area contributed by atoms with Crippen molar-refractivity contribution in [3.05, 3.63) is 64.4 Å². The van der Waals surface area contributed by atoms with E-state index in [0.29, 0.717) is 0 Å². The van der Waals surface area contributed by atoms with Crippen LogP contribution in [-0.4, -0.2) is 29.0 Å². The lowest BCUT2D eigenvalue weighted by Gasteiger charge is -2.32. The third kappa shape index (κ3) is 3.03. The molecule has 2 heterocycles. The molecule has 2 unspecified atom stereocenters. The van der Waals surface area contributed by atoms with E-state index in [0.717, 1.165) is 33.9 Å². The topological polar surface area (TPSA) is 61.2 Å². The molecule has 1 N–H and O–H groups in total. The number of aromatic nitrogens is 3. The summed E-state index contributed by atoms with van der Waals surface area (Å²) in [6.45, 7) is 0. The van der Waals surface area contributed by atoms with Gasteiger partial charge < -0.3 is 14.8 Å². The van der Waals surface area contributed by atoms with Gasteiger partial charge in [0.05, 0.1) is 26.3 Å². The molecule has 1 aliphatic heterocycles. The number of hydrogen-bond acceptors (Lipinski definition) is 5. The minimum atomic E-state index is -0.00699. The first-order valence-electron chi connectivity index (χ1n) is 8.33. The number of anilines is 1. The number of halogens is 1. The van der Waals surface area contributed by atoms with Crippen molar-refractivity contribution in [2.75, 3.05) is 19.5 Å². The smallest absolute Gasteiger partial charge is 0.222 e. The maximum Gasteiger partial charge on any atom is 0.222 e. The second kappa shape index (κ2) is 6.99. The van der Waals surface area contributed by atoms with Crippen molar-refractivity contribution in [3.8, 4) is 11.5 Å².